The SMILES string of the molecule is COCC1(C)C[C@H](NC(=O)C2CC2[C@@H](c2cccnc2)N2C(=O)CC(C)(C)N=C2N)c2ccccc2O1. The van der Waals surface area contributed by atoms with Gasteiger partial charge in [0.2, 0.25) is 11.8 Å². The molecule has 0 bridgehead atoms. The molecule has 0 radical (unpaired) electrons. The number of guanidine groups is 1. The van der Waals surface area contributed by atoms with Crippen LogP contribution in [0, 0.1) is 11.8 Å². The van der Waals surface area contributed by atoms with Gasteiger partial charge in [0.25, 0.3) is 0 Å². The van der Waals surface area contributed by atoms with Crippen LogP contribution in [0.5, 0.6) is 5.75 Å². The maximum atomic E-state index is 13.6. The molecule has 2 amide bonds. The fraction of sp³-hybridized carbons (Fsp3) is 0.500. The van der Waals surface area contributed by atoms with Gasteiger partial charge in [-0.15, -0.1) is 0 Å². The molecule has 0 saturated heterocycles. The van der Waals surface area contributed by atoms with Crippen molar-refractivity contribution < 1.29 is 19.1 Å². The van der Waals surface area contributed by atoms with Gasteiger partial charge in [0, 0.05) is 37.4 Å². The number of rotatable bonds is 7. The lowest BCUT2D eigenvalue weighted by Crippen LogP contribution is -2.52. The Balaban J connectivity index is 1.39. The summed E-state index contributed by atoms with van der Waals surface area (Å²) in [5.74, 6) is 0.458. The van der Waals surface area contributed by atoms with E-state index in [-0.39, 0.29) is 42.1 Å². The molecule has 1 aromatic carbocycles. The number of ether oxygens (including phenoxy) is 2. The van der Waals surface area contributed by atoms with Gasteiger partial charge in [0.05, 0.1) is 30.7 Å². The standard InChI is InChI=1S/C28H35N5O4/c1-27(2)14-23(34)33(26(29)32-27)24(17-8-7-11-30-15-17)19-12-20(19)25(35)31-21-13-28(3,16-36-4)37-22-10-6-5-9-18(21)22/h5-11,15,19-21,24H,12-14,16H2,1-4H3,(H2,29,32)(H,31,35)/t19?,20?,21-,24+,28?/m0/s1. The number of nitrogens with two attached hydrogens (primary N) is 1. The van der Waals surface area contributed by atoms with E-state index in [2.05, 4.69) is 15.3 Å². The first-order valence-corrected chi connectivity index (χ1v) is 12.8. The van der Waals surface area contributed by atoms with Crippen molar-refractivity contribution >= 4 is 17.8 Å². The molecule has 9 nitrogen and oxygen atoms in total. The number of benzene rings is 1. The second kappa shape index (κ2) is 9.45. The van der Waals surface area contributed by atoms with E-state index in [4.69, 9.17) is 15.2 Å². The van der Waals surface area contributed by atoms with Crippen LogP contribution in [0.3, 0.4) is 0 Å². The topological polar surface area (TPSA) is 119 Å². The highest BCUT2D eigenvalue weighted by Gasteiger charge is 2.53. The van der Waals surface area contributed by atoms with Gasteiger partial charge in [-0.05, 0) is 50.8 Å². The summed E-state index contributed by atoms with van der Waals surface area (Å²) in [6.07, 6.45) is 4.92. The Labute approximate surface area is 217 Å². The third-order valence-electron chi connectivity index (χ3n) is 7.46. The first-order valence-electron chi connectivity index (χ1n) is 12.8. The van der Waals surface area contributed by atoms with Crippen LogP contribution in [-0.4, -0.2) is 52.5 Å². The molecule has 1 saturated carbocycles. The molecule has 3 unspecified atom stereocenters. The molecule has 3 N–H and O–H groups in total. The number of aromatic nitrogens is 1. The van der Waals surface area contributed by atoms with Gasteiger partial charge >= 0.3 is 0 Å². The van der Waals surface area contributed by atoms with Crippen LogP contribution in [0.4, 0.5) is 0 Å². The number of para-hydroxylation sites is 1. The van der Waals surface area contributed by atoms with E-state index < -0.39 is 17.2 Å². The molecule has 196 valence electrons. The van der Waals surface area contributed by atoms with Crippen molar-refractivity contribution in [3.8, 4) is 5.75 Å². The molecule has 3 aliphatic rings. The molecule has 2 aliphatic heterocycles. The zero-order chi connectivity index (χ0) is 26.4. The molecular formula is C28H35N5O4. The number of carbonyl (C=O) groups is 2. The van der Waals surface area contributed by atoms with Gasteiger partial charge < -0.3 is 20.5 Å². The number of nitrogens with zero attached hydrogens (tertiary/aromatic N) is 3. The van der Waals surface area contributed by atoms with Gasteiger partial charge in [0.15, 0.2) is 5.96 Å². The summed E-state index contributed by atoms with van der Waals surface area (Å²) in [7, 11) is 1.65. The highest BCUT2D eigenvalue weighted by atomic mass is 16.5. The van der Waals surface area contributed by atoms with Gasteiger partial charge in [-0.2, -0.15) is 0 Å². The molecule has 5 rings (SSSR count). The number of hydrogen-bond donors (Lipinski definition) is 2. The summed E-state index contributed by atoms with van der Waals surface area (Å²) in [5.41, 5.74) is 7.03. The fourth-order valence-electron chi connectivity index (χ4n) is 5.80. The van der Waals surface area contributed by atoms with Crippen molar-refractivity contribution in [2.45, 2.75) is 63.3 Å². The molecule has 3 heterocycles. The summed E-state index contributed by atoms with van der Waals surface area (Å²) >= 11 is 0. The van der Waals surface area contributed by atoms with E-state index in [0.29, 0.717) is 19.4 Å². The zero-order valence-corrected chi connectivity index (χ0v) is 21.8. The minimum absolute atomic E-state index is 0.0411. The Bertz CT molecular complexity index is 1220. The fourth-order valence-corrected chi connectivity index (χ4v) is 5.80. The lowest BCUT2D eigenvalue weighted by atomic mass is 9.88. The summed E-state index contributed by atoms with van der Waals surface area (Å²) in [4.78, 5) is 37.2. The third kappa shape index (κ3) is 5.05. The van der Waals surface area contributed by atoms with Gasteiger partial charge in [-0.1, -0.05) is 24.3 Å². The van der Waals surface area contributed by atoms with Gasteiger partial charge in [-0.3, -0.25) is 19.5 Å². The smallest absolute Gasteiger partial charge is 0.232 e. The van der Waals surface area contributed by atoms with Crippen LogP contribution in [-0.2, 0) is 14.3 Å². The van der Waals surface area contributed by atoms with E-state index in [1.165, 1.54) is 0 Å². The Morgan fingerprint density at radius 3 is 2.76 bits per heavy atom. The largest absolute Gasteiger partial charge is 0.485 e. The van der Waals surface area contributed by atoms with Crippen LogP contribution < -0.4 is 15.8 Å². The normalized spacial score (nSPS) is 29.0. The van der Waals surface area contributed by atoms with E-state index in [9.17, 15) is 9.59 Å². The van der Waals surface area contributed by atoms with Crippen molar-refractivity contribution in [1.29, 1.82) is 0 Å². The first kappa shape index (κ1) is 25.2. The van der Waals surface area contributed by atoms with Crippen LogP contribution in [0.15, 0.2) is 53.8 Å². The lowest BCUT2D eigenvalue weighted by Gasteiger charge is -2.40. The molecule has 1 fully saturated rings. The van der Waals surface area contributed by atoms with Crippen molar-refractivity contribution in [2.24, 2.45) is 22.6 Å². The quantitative estimate of drug-likeness (QED) is 0.597. The maximum absolute atomic E-state index is 13.6. The predicted octanol–water partition coefficient (Wildman–Crippen LogP) is 3.13. The Morgan fingerprint density at radius 2 is 2.05 bits per heavy atom. The average molecular weight is 506 g/mol. The molecular weight excluding hydrogens is 470 g/mol. The van der Waals surface area contributed by atoms with Crippen molar-refractivity contribution in [3.63, 3.8) is 0 Å². The molecule has 2 aromatic rings. The number of amides is 2. The van der Waals surface area contributed by atoms with Crippen LogP contribution in [0.2, 0.25) is 0 Å². The van der Waals surface area contributed by atoms with Crippen LogP contribution in [0.25, 0.3) is 0 Å². The molecule has 9 heteroatoms. The number of hydrogen-bond acceptors (Lipinski definition) is 7. The minimum Gasteiger partial charge on any atom is -0.485 e. The Morgan fingerprint density at radius 1 is 1.27 bits per heavy atom. The second-order valence-electron chi connectivity index (χ2n) is 11.2. The van der Waals surface area contributed by atoms with Crippen molar-refractivity contribution in [1.82, 2.24) is 15.2 Å². The van der Waals surface area contributed by atoms with E-state index in [1.807, 2.05) is 57.2 Å². The third-order valence-corrected chi connectivity index (χ3v) is 7.46. The van der Waals surface area contributed by atoms with Gasteiger partial charge in [-0.25, -0.2) is 4.99 Å². The summed E-state index contributed by atoms with van der Waals surface area (Å²) < 4.78 is 11.6. The van der Waals surface area contributed by atoms with Crippen molar-refractivity contribution in [2.75, 3.05) is 13.7 Å². The Hall–Kier alpha value is -3.46. The zero-order valence-electron chi connectivity index (χ0n) is 21.8. The highest BCUT2D eigenvalue weighted by Crippen LogP contribution is 2.51. The van der Waals surface area contributed by atoms with E-state index >= 15 is 0 Å². The predicted molar refractivity (Wildman–Crippen MR) is 139 cm³/mol. The number of carbonyl (C=O) groups excluding carboxylic acids is 2. The number of pyridine rings is 1. The molecule has 5 atom stereocenters. The summed E-state index contributed by atoms with van der Waals surface area (Å²) in [5, 5.41) is 3.27. The lowest BCUT2D eigenvalue weighted by molar-refractivity contribution is -0.132. The van der Waals surface area contributed by atoms with Crippen LogP contribution in [0.1, 0.15) is 63.2 Å². The van der Waals surface area contributed by atoms with Crippen LogP contribution >= 0.6 is 0 Å². The summed E-state index contributed by atoms with van der Waals surface area (Å²) in [6.45, 7) is 6.19. The highest BCUT2D eigenvalue weighted by molar-refractivity contribution is 5.99. The van der Waals surface area contributed by atoms with E-state index in [0.717, 1.165) is 16.9 Å². The minimum atomic E-state index is -0.555. The van der Waals surface area contributed by atoms with E-state index in [1.54, 1.807) is 24.4 Å². The monoisotopic (exact) mass is 505 g/mol. The summed E-state index contributed by atoms with van der Waals surface area (Å²) in [6, 6.07) is 10.9. The molecule has 37 heavy (non-hydrogen) atoms. The second-order valence-corrected chi connectivity index (χ2v) is 11.2. The Kier molecular flexibility index (Phi) is 6.43. The molecule has 1 aromatic heterocycles. The number of fused-ring (bicyclic) bond motifs is 1. The van der Waals surface area contributed by atoms with Crippen molar-refractivity contribution in [3.05, 3.63) is 59.9 Å². The average Bonchev–Trinajstić information content (AvgIpc) is 3.62. The number of methoxy groups -OCH3 is 1. The van der Waals surface area contributed by atoms with Gasteiger partial charge in [0.1, 0.15) is 11.4 Å². The molecule has 0 spiro atoms. The number of aliphatic imine (C=N–C) groups is 1. The first-order chi connectivity index (χ1) is 17.6. The maximum Gasteiger partial charge on any atom is 0.232 e. The molecule has 1 aliphatic carbocycles. The number of nitrogens with one attached hydrogen (secondary N) is 1.